The highest BCUT2D eigenvalue weighted by Crippen LogP contribution is 2.25. The van der Waals surface area contributed by atoms with Crippen molar-refractivity contribution in [1.82, 2.24) is 10.2 Å². The number of nitrogens with zero attached hydrogens (tertiary/aromatic N) is 2. The van der Waals surface area contributed by atoms with Crippen molar-refractivity contribution in [2.75, 3.05) is 11.9 Å². The van der Waals surface area contributed by atoms with Crippen LogP contribution in [0.3, 0.4) is 0 Å². The molecule has 1 amide bonds. The third-order valence-corrected chi connectivity index (χ3v) is 5.15. The second kappa shape index (κ2) is 8.24. The highest BCUT2D eigenvalue weighted by molar-refractivity contribution is 7.15. The van der Waals surface area contributed by atoms with Crippen LogP contribution in [0.5, 0.6) is 5.75 Å². The standard InChI is InChI=1S/C18H23N3O2S/c1-13-6-5-9-15(12-13)23-11-10-16-20-21-18(24-16)19-17(22)14-7-3-2-4-8-14/h5-6,9,12,14H,2-4,7-8,10-11H2,1H3,(H,19,21,22). The number of carbonyl (C=O) groups excluding carboxylic acids is 1. The lowest BCUT2D eigenvalue weighted by Gasteiger charge is -2.19. The van der Waals surface area contributed by atoms with E-state index in [1.807, 2.05) is 31.2 Å². The van der Waals surface area contributed by atoms with E-state index in [4.69, 9.17) is 4.74 Å². The lowest BCUT2D eigenvalue weighted by Crippen LogP contribution is -2.24. The van der Waals surface area contributed by atoms with Gasteiger partial charge in [0.25, 0.3) is 0 Å². The molecule has 2 aromatic rings. The Morgan fingerprint density at radius 1 is 1.29 bits per heavy atom. The molecule has 1 aromatic heterocycles. The van der Waals surface area contributed by atoms with Gasteiger partial charge in [-0.3, -0.25) is 4.79 Å². The summed E-state index contributed by atoms with van der Waals surface area (Å²) in [5.74, 6) is 1.09. The van der Waals surface area contributed by atoms with Gasteiger partial charge in [-0.15, -0.1) is 10.2 Å². The third kappa shape index (κ3) is 4.77. The summed E-state index contributed by atoms with van der Waals surface area (Å²) >= 11 is 1.43. The van der Waals surface area contributed by atoms with Gasteiger partial charge in [-0.25, -0.2) is 0 Å². The molecule has 6 heteroatoms. The molecule has 1 saturated carbocycles. The monoisotopic (exact) mass is 345 g/mol. The quantitative estimate of drug-likeness (QED) is 0.860. The van der Waals surface area contributed by atoms with Crippen LogP contribution in [0, 0.1) is 12.8 Å². The lowest BCUT2D eigenvalue weighted by molar-refractivity contribution is -0.120. The number of aromatic nitrogens is 2. The zero-order valence-corrected chi connectivity index (χ0v) is 14.8. The van der Waals surface area contributed by atoms with E-state index in [9.17, 15) is 4.79 Å². The number of benzene rings is 1. The highest BCUT2D eigenvalue weighted by atomic mass is 32.1. The van der Waals surface area contributed by atoms with Crippen molar-refractivity contribution >= 4 is 22.4 Å². The topological polar surface area (TPSA) is 64.1 Å². The van der Waals surface area contributed by atoms with Crippen LogP contribution in [-0.2, 0) is 11.2 Å². The van der Waals surface area contributed by atoms with E-state index in [0.29, 0.717) is 18.2 Å². The molecule has 3 rings (SSSR count). The molecular weight excluding hydrogens is 322 g/mol. The number of ether oxygens (including phenoxy) is 1. The van der Waals surface area contributed by atoms with Gasteiger partial charge >= 0.3 is 0 Å². The Labute approximate surface area is 146 Å². The molecule has 0 radical (unpaired) electrons. The fourth-order valence-corrected chi connectivity index (χ4v) is 3.66. The summed E-state index contributed by atoms with van der Waals surface area (Å²) in [5.41, 5.74) is 1.18. The maximum absolute atomic E-state index is 12.2. The number of rotatable bonds is 6. The molecule has 0 spiro atoms. The first kappa shape index (κ1) is 16.9. The van der Waals surface area contributed by atoms with Crippen molar-refractivity contribution in [3.8, 4) is 5.75 Å². The molecule has 1 fully saturated rings. The molecule has 0 saturated heterocycles. The van der Waals surface area contributed by atoms with Gasteiger partial charge in [0.2, 0.25) is 11.0 Å². The van der Waals surface area contributed by atoms with Crippen LogP contribution in [0.25, 0.3) is 0 Å². The number of amides is 1. The Kier molecular flexibility index (Phi) is 5.80. The van der Waals surface area contributed by atoms with Gasteiger partial charge in [0.15, 0.2) is 0 Å². The Morgan fingerprint density at radius 3 is 2.92 bits per heavy atom. The molecule has 1 aliphatic carbocycles. The van der Waals surface area contributed by atoms with Crippen LogP contribution in [-0.4, -0.2) is 22.7 Å². The maximum Gasteiger partial charge on any atom is 0.229 e. The zero-order chi connectivity index (χ0) is 16.8. The van der Waals surface area contributed by atoms with Gasteiger partial charge < -0.3 is 10.1 Å². The average Bonchev–Trinajstić information content (AvgIpc) is 3.03. The van der Waals surface area contributed by atoms with Gasteiger partial charge in [-0.2, -0.15) is 0 Å². The molecular formula is C18H23N3O2S. The first-order chi connectivity index (χ1) is 11.7. The summed E-state index contributed by atoms with van der Waals surface area (Å²) in [5, 5.41) is 12.6. The zero-order valence-electron chi connectivity index (χ0n) is 14.0. The van der Waals surface area contributed by atoms with Crippen molar-refractivity contribution in [1.29, 1.82) is 0 Å². The highest BCUT2D eigenvalue weighted by Gasteiger charge is 2.22. The fourth-order valence-electron chi connectivity index (χ4n) is 2.94. The molecule has 24 heavy (non-hydrogen) atoms. The lowest BCUT2D eigenvalue weighted by atomic mass is 9.89. The van der Waals surface area contributed by atoms with Gasteiger partial charge in [-0.1, -0.05) is 42.7 Å². The van der Waals surface area contributed by atoms with Gasteiger partial charge in [0, 0.05) is 12.3 Å². The van der Waals surface area contributed by atoms with Crippen molar-refractivity contribution in [3.63, 3.8) is 0 Å². The third-order valence-electron chi connectivity index (χ3n) is 4.25. The summed E-state index contributed by atoms with van der Waals surface area (Å²) in [4.78, 5) is 12.2. The molecule has 0 atom stereocenters. The van der Waals surface area contributed by atoms with Gasteiger partial charge in [-0.05, 0) is 37.5 Å². The second-order valence-corrected chi connectivity index (χ2v) is 7.30. The molecule has 1 heterocycles. The number of hydrogen-bond donors (Lipinski definition) is 1. The number of hydrogen-bond acceptors (Lipinski definition) is 5. The number of carbonyl (C=O) groups is 1. The summed E-state index contributed by atoms with van der Waals surface area (Å²) in [6.07, 6.45) is 6.20. The summed E-state index contributed by atoms with van der Waals surface area (Å²) in [7, 11) is 0. The predicted molar refractivity (Wildman–Crippen MR) is 95.5 cm³/mol. The minimum atomic E-state index is 0.0911. The first-order valence-electron chi connectivity index (χ1n) is 8.53. The Bertz CT molecular complexity index is 680. The second-order valence-electron chi connectivity index (χ2n) is 6.24. The van der Waals surface area contributed by atoms with Crippen LogP contribution in [0.2, 0.25) is 0 Å². The van der Waals surface area contributed by atoms with Crippen molar-refractivity contribution in [2.45, 2.75) is 45.4 Å². The molecule has 5 nitrogen and oxygen atoms in total. The SMILES string of the molecule is Cc1cccc(OCCc2nnc(NC(=O)C3CCCCC3)s2)c1. The van der Waals surface area contributed by atoms with Crippen LogP contribution < -0.4 is 10.1 Å². The van der Waals surface area contributed by atoms with E-state index in [-0.39, 0.29) is 11.8 Å². The minimum absolute atomic E-state index is 0.0911. The van der Waals surface area contributed by atoms with E-state index in [0.717, 1.165) is 36.4 Å². The number of anilines is 1. The predicted octanol–water partition coefficient (Wildman–Crippen LogP) is 3.99. The smallest absolute Gasteiger partial charge is 0.229 e. The van der Waals surface area contributed by atoms with Crippen LogP contribution >= 0.6 is 11.3 Å². The molecule has 128 valence electrons. The molecule has 0 unspecified atom stereocenters. The van der Waals surface area contributed by atoms with Crippen LogP contribution in [0.1, 0.15) is 42.7 Å². The molecule has 1 aromatic carbocycles. The largest absolute Gasteiger partial charge is 0.493 e. The normalized spacial score (nSPS) is 15.2. The molecule has 0 aliphatic heterocycles. The van der Waals surface area contributed by atoms with Gasteiger partial charge in [0.05, 0.1) is 6.61 Å². The molecule has 1 N–H and O–H groups in total. The fraction of sp³-hybridized carbons (Fsp3) is 0.500. The average molecular weight is 345 g/mol. The van der Waals surface area contributed by atoms with Crippen LogP contribution in [0.15, 0.2) is 24.3 Å². The summed E-state index contributed by atoms with van der Waals surface area (Å²) in [6, 6.07) is 7.98. The van der Waals surface area contributed by atoms with E-state index >= 15 is 0 Å². The van der Waals surface area contributed by atoms with E-state index in [1.54, 1.807) is 0 Å². The van der Waals surface area contributed by atoms with E-state index in [1.165, 1.54) is 23.3 Å². The maximum atomic E-state index is 12.2. The van der Waals surface area contributed by atoms with Gasteiger partial charge in [0.1, 0.15) is 10.8 Å². The molecule has 0 bridgehead atoms. The number of nitrogens with one attached hydrogen (secondary N) is 1. The van der Waals surface area contributed by atoms with E-state index < -0.39 is 0 Å². The Balaban J connectivity index is 1.45. The van der Waals surface area contributed by atoms with Crippen molar-refractivity contribution in [3.05, 3.63) is 34.8 Å². The summed E-state index contributed by atoms with van der Waals surface area (Å²) in [6.45, 7) is 2.59. The molecule has 1 aliphatic rings. The number of aryl methyl sites for hydroxylation is 1. The Morgan fingerprint density at radius 2 is 2.12 bits per heavy atom. The minimum Gasteiger partial charge on any atom is -0.493 e. The van der Waals surface area contributed by atoms with E-state index in [2.05, 4.69) is 15.5 Å². The first-order valence-corrected chi connectivity index (χ1v) is 9.35. The van der Waals surface area contributed by atoms with Crippen LogP contribution in [0.4, 0.5) is 5.13 Å². The van der Waals surface area contributed by atoms with Crippen molar-refractivity contribution in [2.24, 2.45) is 5.92 Å². The Hall–Kier alpha value is -1.95. The van der Waals surface area contributed by atoms with Crippen molar-refractivity contribution < 1.29 is 9.53 Å². The summed E-state index contributed by atoms with van der Waals surface area (Å²) < 4.78 is 5.73.